The zero-order valence-electron chi connectivity index (χ0n) is 43.0. The Balaban J connectivity index is 1.06. The molecule has 71 heavy (non-hydrogen) atoms. The van der Waals surface area contributed by atoms with Crippen LogP contribution in [0.1, 0.15) is 163 Å². The van der Waals surface area contributed by atoms with Crippen LogP contribution in [0, 0.1) is 0 Å². The molecule has 7 rings (SSSR count). The van der Waals surface area contributed by atoms with E-state index < -0.39 is 47.4 Å². The number of carboxylic acid groups (broad SMARTS) is 1. The summed E-state index contributed by atoms with van der Waals surface area (Å²) in [5, 5.41) is 44.7. The average molecular weight is 982 g/mol. The number of aromatic hydroxyl groups is 1. The van der Waals surface area contributed by atoms with Crippen LogP contribution in [0.25, 0.3) is 0 Å². The van der Waals surface area contributed by atoms with Gasteiger partial charge in [-0.05, 0) is 132 Å². The molecule has 4 N–H and O–H groups in total. The summed E-state index contributed by atoms with van der Waals surface area (Å²) in [5.74, 6) is -1.44. The fourth-order valence-corrected chi connectivity index (χ4v) is 10.4. The number of morpholine rings is 1. The number of carbonyl (C=O) groups is 4. The largest absolute Gasteiger partial charge is 0.508 e. The highest BCUT2D eigenvalue weighted by molar-refractivity contribution is 6.02. The lowest BCUT2D eigenvalue weighted by molar-refractivity contribution is -0.142. The number of ether oxygens (including phenoxy) is 4. The van der Waals surface area contributed by atoms with E-state index in [0.29, 0.717) is 91.3 Å². The predicted molar refractivity (Wildman–Crippen MR) is 269 cm³/mol. The molecule has 5 aliphatic rings. The Morgan fingerprint density at radius 2 is 1.28 bits per heavy atom. The molecule has 1 fully saturated rings. The van der Waals surface area contributed by atoms with E-state index >= 15 is 0 Å². The molecule has 5 heterocycles. The fraction of sp³-hybridized carbons (Fsp3) is 0.571. The SMILES string of the molecule is CC(C)=CCC/C(C)=C/CC[C@@]1(C)Oc2c(c(O)cc3c2CN([C@@H](CCCN2Cc4c(cc(OC(=O)N5CCOCC5)c5c4O[C@](C)(CC/C=C(\C)CCC=C(C)C)[C@@H](O)C5)C2=O)C(=O)O)C3=O)C[C@@H]1O. The number of phenols is 1. The first-order valence-electron chi connectivity index (χ1n) is 25.5. The lowest BCUT2D eigenvalue weighted by Crippen LogP contribution is -2.49. The van der Waals surface area contributed by atoms with Crippen LogP contribution >= 0.6 is 0 Å². The standard InChI is InChI=1S/C56H75N3O12/c1-34(2)14-9-16-36(5)18-11-21-55(7)47(61)30-40-45(60)28-38-43(49(40)70-55)33-59(52(38)64)44(53(65)66)20-13-23-58-32-42-39(51(58)63)29-46(69-54(67)57-24-26-68-27-25-57)41-31-48(62)56(8,71-50(41)42)22-12-19-37(6)17-10-15-35(3)4/h14-15,18-19,28-29,44,47-48,60-62H,9-13,16-17,20-27,30-33H2,1-8H3,(H,65,66)/b36-18+,37-19+/t44-,47-,48-,55+,56+/m0/s1. The molecule has 0 unspecified atom stereocenters. The molecule has 0 bridgehead atoms. The van der Waals surface area contributed by atoms with Gasteiger partial charge in [0.25, 0.3) is 11.8 Å². The molecule has 0 radical (unpaired) electrons. The number of carbonyl (C=O) groups excluding carboxylic acids is 3. The lowest BCUT2D eigenvalue weighted by Gasteiger charge is -2.41. The number of aliphatic hydroxyl groups is 2. The van der Waals surface area contributed by atoms with Crippen LogP contribution < -0.4 is 14.2 Å². The Bertz CT molecular complexity index is 2490. The summed E-state index contributed by atoms with van der Waals surface area (Å²) in [6.07, 6.45) is 12.8. The summed E-state index contributed by atoms with van der Waals surface area (Å²) in [7, 11) is 0. The second-order valence-electron chi connectivity index (χ2n) is 21.1. The molecule has 5 aliphatic heterocycles. The van der Waals surface area contributed by atoms with Gasteiger partial charge in [0, 0.05) is 54.7 Å². The fourth-order valence-electron chi connectivity index (χ4n) is 10.4. The molecule has 2 aromatic carbocycles. The van der Waals surface area contributed by atoms with Crippen molar-refractivity contribution in [2.45, 2.75) is 175 Å². The molecular weight excluding hydrogens is 907 g/mol. The number of carboxylic acids is 1. The minimum absolute atomic E-state index is 0.0164. The van der Waals surface area contributed by atoms with Crippen molar-refractivity contribution in [2.75, 3.05) is 32.8 Å². The van der Waals surface area contributed by atoms with Gasteiger partial charge in [0.05, 0.1) is 49.6 Å². The number of phenolic OH excluding ortho intramolecular Hbond substituents is 1. The van der Waals surface area contributed by atoms with E-state index in [9.17, 15) is 39.6 Å². The smallest absolute Gasteiger partial charge is 0.415 e. The lowest BCUT2D eigenvalue weighted by atomic mass is 9.84. The zero-order chi connectivity index (χ0) is 51.4. The normalized spacial score (nSPS) is 23.3. The van der Waals surface area contributed by atoms with E-state index in [0.717, 1.165) is 25.7 Å². The maximum Gasteiger partial charge on any atom is 0.415 e. The topological polar surface area (TPSA) is 196 Å². The summed E-state index contributed by atoms with van der Waals surface area (Å²) in [5.41, 5.74) is 5.40. The van der Waals surface area contributed by atoms with E-state index in [-0.39, 0.29) is 68.3 Å². The third kappa shape index (κ3) is 12.0. The average Bonchev–Trinajstić information content (AvgIpc) is 3.80. The molecule has 15 heteroatoms. The maximum atomic E-state index is 14.3. The molecule has 0 aliphatic carbocycles. The number of benzene rings is 2. The Hall–Kier alpha value is -5.64. The first-order chi connectivity index (χ1) is 33.7. The van der Waals surface area contributed by atoms with Crippen molar-refractivity contribution >= 4 is 23.9 Å². The molecule has 2 aromatic rings. The first-order valence-corrected chi connectivity index (χ1v) is 25.5. The van der Waals surface area contributed by atoms with E-state index in [4.69, 9.17) is 18.9 Å². The van der Waals surface area contributed by atoms with E-state index in [2.05, 4.69) is 65.8 Å². The molecule has 0 aromatic heterocycles. The minimum atomic E-state index is -1.26. The van der Waals surface area contributed by atoms with Crippen LogP contribution in [-0.4, -0.2) is 121 Å². The molecule has 1 saturated heterocycles. The van der Waals surface area contributed by atoms with Gasteiger partial charge in [-0.3, -0.25) is 9.59 Å². The molecule has 15 nitrogen and oxygen atoms in total. The van der Waals surface area contributed by atoms with Gasteiger partial charge in [-0.2, -0.15) is 0 Å². The number of amides is 3. The Kier molecular flexibility index (Phi) is 16.8. The number of allylic oxidation sites excluding steroid dienone is 8. The minimum Gasteiger partial charge on any atom is -0.508 e. The van der Waals surface area contributed by atoms with Crippen molar-refractivity contribution in [3.05, 3.63) is 92.1 Å². The van der Waals surface area contributed by atoms with Gasteiger partial charge >= 0.3 is 12.1 Å². The second kappa shape index (κ2) is 22.4. The van der Waals surface area contributed by atoms with Crippen LogP contribution in [0.5, 0.6) is 23.0 Å². The van der Waals surface area contributed by atoms with Gasteiger partial charge in [0.2, 0.25) is 0 Å². The van der Waals surface area contributed by atoms with Crippen LogP contribution in [0.3, 0.4) is 0 Å². The second-order valence-corrected chi connectivity index (χ2v) is 21.1. The monoisotopic (exact) mass is 982 g/mol. The molecule has 0 saturated carbocycles. The highest BCUT2D eigenvalue weighted by atomic mass is 16.6. The van der Waals surface area contributed by atoms with Crippen LogP contribution in [0.15, 0.2) is 58.7 Å². The zero-order valence-corrected chi connectivity index (χ0v) is 43.0. The van der Waals surface area contributed by atoms with Crippen molar-refractivity contribution in [2.24, 2.45) is 0 Å². The van der Waals surface area contributed by atoms with Gasteiger partial charge in [-0.1, -0.05) is 46.6 Å². The molecule has 5 atom stereocenters. The van der Waals surface area contributed by atoms with Crippen LogP contribution in [0.4, 0.5) is 4.79 Å². The Morgan fingerprint density at radius 3 is 1.85 bits per heavy atom. The molecule has 3 amide bonds. The van der Waals surface area contributed by atoms with Crippen molar-refractivity contribution in [1.82, 2.24) is 14.7 Å². The quantitative estimate of drug-likeness (QED) is 0.0977. The predicted octanol–water partition coefficient (Wildman–Crippen LogP) is 9.12. The van der Waals surface area contributed by atoms with Gasteiger partial charge in [-0.15, -0.1) is 0 Å². The van der Waals surface area contributed by atoms with Gasteiger partial charge < -0.3 is 54.1 Å². The first kappa shape index (κ1) is 53.2. The van der Waals surface area contributed by atoms with E-state index in [1.807, 2.05) is 13.8 Å². The van der Waals surface area contributed by atoms with E-state index in [1.165, 1.54) is 38.2 Å². The number of hydrogen-bond acceptors (Lipinski definition) is 11. The number of aliphatic carboxylic acids is 1. The molecular formula is C56H75N3O12. The van der Waals surface area contributed by atoms with Gasteiger partial charge in [0.15, 0.2) is 0 Å². The third-order valence-electron chi connectivity index (χ3n) is 15.0. The van der Waals surface area contributed by atoms with Crippen molar-refractivity contribution < 1.29 is 58.6 Å². The third-order valence-corrected chi connectivity index (χ3v) is 15.0. The highest BCUT2D eigenvalue weighted by Crippen LogP contribution is 2.49. The van der Waals surface area contributed by atoms with Crippen molar-refractivity contribution in [3.8, 4) is 23.0 Å². The van der Waals surface area contributed by atoms with Gasteiger partial charge in [-0.25, -0.2) is 9.59 Å². The van der Waals surface area contributed by atoms with E-state index in [1.54, 1.807) is 11.0 Å². The summed E-state index contributed by atoms with van der Waals surface area (Å²) in [6.45, 7) is 17.9. The van der Waals surface area contributed by atoms with Crippen LogP contribution in [0.2, 0.25) is 0 Å². The summed E-state index contributed by atoms with van der Waals surface area (Å²) in [6, 6.07) is 1.64. The summed E-state index contributed by atoms with van der Waals surface area (Å²) >= 11 is 0. The number of fused-ring (bicyclic) bond motifs is 6. The number of rotatable bonds is 19. The molecule has 386 valence electrons. The number of aliphatic hydroxyl groups excluding tert-OH is 2. The Morgan fingerprint density at radius 1 is 0.746 bits per heavy atom. The highest BCUT2D eigenvalue weighted by Gasteiger charge is 2.47. The van der Waals surface area contributed by atoms with Crippen LogP contribution in [-0.2, 0) is 35.5 Å². The summed E-state index contributed by atoms with van der Waals surface area (Å²) in [4.78, 5) is 59.3. The van der Waals surface area contributed by atoms with Crippen molar-refractivity contribution in [1.29, 1.82) is 0 Å². The van der Waals surface area contributed by atoms with Gasteiger partial charge in [0.1, 0.15) is 40.2 Å². The molecule has 0 spiro atoms. The Labute approximate surface area is 418 Å². The van der Waals surface area contributed by atoms with Crippen molar-refractivity contribution in [3.63, 3.8) is 0 Å². The number of hydrogen-bond donors (Lipinski definition) is 4. The number of nitrogens with zero attached hydrogens (tertiary/aromatic N) is 3. The maximum absolute atomic E-state index is 14.3. The summed E-state index contributed by atoms with van der Waals surface area (Å²) < 4.78 is 24.7.